The number of nitriles is 1. The smallest absolute Gasteiger partial charge is 0.415 e. The molecule has 4 nitrogen and oxygen atoms in total. The van der Waals surface area contributed by atoms with Gasteiger partial charge in [-0.15, -0.1) is 0 Å². The number of anilines is 1. The highest BCUT2D eigenvalue weighted by atomic mass is 35.5. The number of carbonyl (C=O) groups is 1. The molecule has 2 rings (SSSR count). The predicted octanol–water partition coefficient (Wildman–Crippen LogP) is 2.58. The molecule has 1 aliphatic rings. The van der Waals surface area contributed by atoms with Gasteiger partial charge in [0.05, 0.1) is 12.7 Å². The number of halogens is 1. The fraction of sp³-hybridized carbons (Fsp3) is 0.273. The van der Waals surface area contributed by atoms with E-state index in [1.807, 2.05) is 0 Å². The van der Waals surface area contributed by atoms with Crippen LogP contribution in [0.3, 0.4) is 0 Å². The lowest BCUT2D eigenvalue weighted by atomic mass is 10.1. The zero-order chi connectivity index (χ0) is 11.5. The van der Waals surface area contributed by atoms with E-state index < -0.39 is 12.1 Å². The number of nitrogens with zero attached hydrogens (tertiary/aromatic N) is 2. The summed E-state index contributed by atoms with van der Waals surface area (Å²) in [6, 6.07) is 8.40. The van der Waals surface area contributed by atoms with Gasteiger partial charge in [0.25, 0.3) is 0 Å². The SMILES string of the molecule is N#CC1CCOC(=O)N1c1cccc(Cl)c1. The van der Waals surface area contributed by atoms with Crippen molar-refractivity contribution in [3.05, 3.63) is 29.3 Å². The monoisotopic (exact) mass is 236 g/mol. The fourth-order valence-electron chi connectivity index (χ4n) is 1.62. The Morgan fingerprint density at radius 1 is 1.56 bits per heavy atom. The van der Waals surface area contributed by atoms with Crippen LogP contribution in [0.2, 0.25) is 5.02 Å². The summed E-state index contributed by atoms with van der Waals surface area (Å²) < 4.78 is 4.91. The molecule has 82 valence electrons. The zero-order valence-electron chi connectivity index (χ0n) is 8.39. The van der Waals surface area contributed by atoms with Gasteiger partial charge >= 0.3 is 6.09 Å². The minimum atomic E-state index is -0.500. The molecule has 1 atom stereocenters. The van der Waals surface area contributed by atoms with E-state index in [9.17, 15) is 4.79 Å². The van der Waals surface area contributed by atoms with Gasteiger partial charge in [0.1, 0.15) is 6.04 Å². The Balaban J connectivity index is 2.36. The van der Waals surface area contributed by atoms with Gasteiger partial charge in [0, 0.05) is 17.1 Å². The van der Waals surface area contributed by atoms with E-state index in [0.29, 0.717) is 17.1 Å². The van der Waals surface area contributed by atoms with Crippen molar-refractivity contribution in [1.82, 2.24) is 0 Å². The molecule has 5 heteroatoms. The number of cyclic esters (lactones) is 1. The minimum absolute atomic E-state index is 0.286. The standard InChI is InChI=1S/C11H9ClN2O2/c12-8-2-1-3-9(6-8)14-10(7-13)4-5-16-11(14)15/h1-3,6,10H,4-5H2. The summed E-state index contributed by atoms with van der Waals surface area (Å²) in [7, 11) is 0. The third-order valence-corrected chi connectivity index (χ3v) is 2.60. The second-order valence-electron chi connectivity index (χ2n) is 3.40. The maximum atomic E-state index is 11.6. The summed E-state index contributed by atoms with van der Waals surface area (Å²) in [5.41, 5.74) is 0.587. The predicted molar refractivity (Wildman–Crippen MR) is 59.3 cm³/mol. The molecule has 1 heterocycles. The quantitative estimate of drug-likeness (QED) is 0.753. The van der Waals surface area contributed by atoms with Crippen molar-refractivity contribution in [3.8, 4) is 6.07 Å². The van der Waals surface area contributed by atoms with Crippen molar-refractivity contribution in [2.45, 2.75) is 12.5 Å². The molecular weight excluding hydrogens is 228 g/mol. The minimum Gasteiger partial charge on any atom is -0.449 e. The number of ether oxygens (including phenoxy) is 1. The highest BCUT2D eigenvalue weighted by molar-refractivity contribution is 6.30. The molecule has 1 unspecified atom stereocenters. The molecule has 0 bridgehead atoms. The molecule has 16 heavy (non-hydrogen) atoms. The van der Waals surface area contributed by atoms with Gasteiger partial charge in [0.2, 0.25) is 0 Å². The normalized spacial score (nSPS) is 20.1. The van der Waals surface area contributed by atoms with Crippen LogP contribution in [0.15, 0.2) is 24.3 Å². The molecule has 0 N–H and O–H groups in total. The fourth-order valence-corrected chi connectivity index (χ4v) is 1.80. The Morgan fingerprint density at radius 3 is 3.06 bits per heavy atom. The zero-order valence-corrected chi connectivity index (χ0v) is 9.15. The van der Waals surface area contributed by atoms with Crippen molar-refractivity contribution in [2.75, 3.05) is 11.5 Å². The van der Waals surface area contributed by atoms with Crippen LogP contribution >= 0.6 is 11.6 Å². The van der Waals surface area contributed by atoms with E-state index in [1.165, 1.54) is 4.90 Å². The van der Waals surface area contributed by atoms with Crippen molar-refractivity contribution >= 4 is 23.4 Å². The molecule has 1 aromatic rings. The van der Waals surface area contributed by atoms with Crippen LogP contribution in [0.4, 0.5) is 10.5 Å². The largest absolute Gasteiger partial charge is 0.449 e. The summed E-state index contributed by atoms with van der Waals surface area (Å²) >= 11 is 5.84. The van der Waals surface area contributed by atoms with E-state index >= 15 is 0 Å². The average molecular weight is 237 g/mol. The van der Waals surface area contributed by atoms with Gasteiger partial charge in [-0.2, -0.15) is 5.26 Å². The maximum absolute atomic E-state index is 11.6. The lowest BCUT2D eigenvalue weighted by molar-refractivity contribution is 0.134. The number of rotatable bonds is 1. The molecule has 0 radical (unpaired) electrons. The van der Waals surface area contributed by atoms with Gasteiger partial charge in [-0.1, -0.05) is 17.7 Å². The lowest BCUT2D eigenvalue weighted by Gasteiger charge is -2.30. The molecular formula is C11H9ClN2O2. The van der Waals surface area contributed by atoms with E-state index in [1.54, 1.807) is 24.3 Å². The van der Waals surface area contributed by atoms with Crippen LogP contribution in [0, 0.1) is 11.3 Å². The van der Waals surface area contributed by atoms with E-state index in [2.05, 4.69) is 6.07 Å². The number of benzene rings is 1. The molecule has 1 aliphatic heterocycles. The first-order valence-electron chi connectivity index (χ1n) is 4.83. The summed E-state index contributed by atoms with van der Waals surface area (Å²) in [5.74, 6) is 0. The molecule has 1 saturated heterocycles. The maximum Gasteiger partial charge on any atom is 0.415 e. The summed E-state index contributed by atoms with van der Waals surface area (Å²) in [6.07, 6.45) is 0.00875. The average Bonchev–Trinajstić information content (AvgIpc) is 2.28. The molecule has 0 spiro atoms. The number of hydrogen-bond donors (Lipinski definition) is 0. The molecule has 0 aliphatic carbocycles. The third-order valence-electron chi connectivity index (χ3n) is 2.36. The first-order chi connectivity index (χ1) is 7.72. The van der Waals surface area contributed by atoms with Gasteiger partial charge < -0.3 is 4.74 Å². The van der Waals surface area contributed by atoms with E-state index in [4.69, 9.17) is 21.6 Å². The Bertz CT molecular complexity index is 456. The number of carbonyl (C=O) groups excluding carboxylic acids is 1. The second kappa shape index (κ2) is 4.42. The van der Waals surface area contributed by atoms with Crippen LogP contribution < -0.4 is 4.90 Å². The molecule has 1 fully saturated rings. The van der Waals surface area contributed by atoms with Gasteiger partial charge in [-0.05, 0) is 18.2 Å². The molecule has 1 aromatic carbocycles. The topological polar surface area (TPSA) is 53.3 Å². The van der Waals surface area contributed by atoms with Crippen molar-refractivity contribution in [3.63, 3.8) is 0 Å². The van der Waals surface area contributed by atoms with Crippen LogP contribution in [0.1, 0.15) is 6.42 Å². The van der Waals surface area contributed by atoms with Crippen LogP contribution in [0.5, 0.6) is 0 Å². The molecule has 1 amide bonds. The Labute approximate surface area is 98.0 Å². The second-order valence-corrected chi connectivity index (χ2v) is 3.83. The Hall–Kier alpha value is -1.73. The van der Waals surface area contributed by atoms with Crippen LogP contribution in [-0.2, 0) is 4.74 Å². The summed E-state index contributed by atoms with van der Waals surface area (Å²) in [5, 5.41) is 9.50. The van der Waals surface area contributed by atoms with E-state index in [0.717, 1.165) is 0 Å². The van der Waals surface area contributed by atoms with Crippen molar-refractivity contribution < 1.29 is 9.53 Å². The van der Waals surface area contributed by atoms with E-state index in [-0.39, 0.29) is 6.61 Å². The van der Waals surface area contributed by atoms with Gasteiger partial charge in [-0.25, -0.2) is 4.79 Å². The summed E-state index contributed by atoms with van der Waals surface area (Å²) in [6.45, 7) is 0.286. The highest BCUT2D eigenvalue weighted by Gasteiger charge is 2.30. The highest BCUT2D eigenvalue weighted by Crippen LogP contribution is 2.25. The van der Waals surface area contributed by atoms with Crippen molar-refractivity contribution in [2.24, 2.45) is 0 Å². The number of amides is 1. The first-order valence-corrected chi connectivity index (χ1v) is 5.21. The van der Waals surface area contributed by atoms with Gasteiger partial charge in [0.15, 0.2) is 0 Å². The van der Waals surface area contributed by atoms with Gasteiger partial charge in [-0.3, -0.25) is 4.90 Å². The lowest BCUT2D eigenvalue weighted by Crippen LogP contribution is -2.45. The Kier molecular flexibility index (Phi) is 2.97. The Morgan fingerprint density at radius 2 is 2.38 bits per heavy atom. The molecule has 0 saturated carbocycles. The third kappa shape index (κ3) is 1.95. The van der Waals surface area contributed by atoms with Crippen molar-refractivity contribution in [1.29, 1.82) is 5.26 Å². The van der Waals surface area contributed by atoms with Crippen LogP contribution in [0.25, 0.3) is 0 Å². The van der Waals surface area contributed by atoms with Crippen LogP contribution in [-0.4, -0.2) is 18.7 Å². The molecule has 0 aromatic heterocycles. The number of hydrogen-bond acceptors (Lipinski definition) is 3. The summed E-state index contributed by atoms with van der Waals surface area (Å²) in [4.78, 5) is 12.9. The first kappa shape index (κ1) is 10.8.